The average molecular weight is 961 g/mol. The number of carbonyl (C=O) groups excluding carboxylic acids is 4. The van der Waals surface area contributed by atoms with Crippen molar-refractivity contribution in [2.24, 2.45) is 17.6 Å². The van der Waals surface area contributed by atoms with Crippen LogP contribution < -0.4 is 31.7 Å². The maximum absolute atomic E-state index is 14.3. The van der Waals surface area contributed by atoms with Gasteiger partial charge in [-0.15, -0.1) is 0 Å². The highest BCUT2D eigenvalue weighted by atomic mass is 31.2. The van der Waals surface area contributed by atoms with Crippen molar-refractivity contribution in [2.75, 3.05) is 32.7 Å². The number of aliphatic hydroxyl groups is 4. The minimum absolute atomic E-state index is 0.181. The summed E-state index contributed by atoms with van der Waals surface area (Å²) in [5, 5.41) is 64.9. The number of primary amides is 1. The number of rotatable bonds is 19. The van der Waals surface area contributed by atoms with Gasteiger partial charge in [0.2, 0.25) is 11.7 Å². The number of likely N-dealkylation sites (N-methyl/N-ethyl adjacent to an activating group) is 1. The number of Topliss-reactive ketones (excluding diaryl/α,β-unsaturated/α-hetero) is 2. The molecule has 4 aromatic rings. The maximum Gasteiger partial charge on any atom is 0.255 e. The van der Waals surface area contributed by atoms with Crippen molar-refractivity contribution in [2.45, 2.75) is 109 Å². The van der Waals surface area contributed by atoms with Crippen molar-refractivity contribution in [1.29, 1.82) is 0 Å². The monoisotopic (exact) mass is 960 g/mol. The first-order chi connectivity index (χ1) is 32.9. The number of phenolic OH excluding ortho intramolecular Hbond substituents is 1. The van der Waals surface area contributed by atoms with Gasteiger partial charge in [-0.05, 0) is 119 Å². The Bertz CT molecular complexity index is 2600. The summed E-state index contributed by atoms with van der Waals surface area (Å²) in [6, 6.07) is 28.2. The van der Waals surface area contributed by atoms with Crippen LogP contribution in [0.15, 0.2) is 102 Å². The summed E-state index contributed by atoms with van der Waals surface area (Å²) in [4.78, 5) is 54.9. The molecule has 14 heteroatoms. The van der Waals surface area contributed by atoms with E-state index in [1.165, 1.54) is 58.2 Å². The van der Waals surface area contributed by atoms with Crippen molar-refractivity contribution in [1.82, 2.24) is 4.90 Å². The largest absolute Gasteiger partial charge is 0.508 e. The molecule has 1 saturated carbocycles. The number of anilines is 1. The number of nitrogens with two attached hydrogens (primary N) is 1. The molecule has 0 aromatic heterocycles. The average Bonchev–Trinajstić information content (AvgIpc) is 3.32. The molecule has 0 bridgehead atoms. The Labute approximate surface area is 405 Å². The predicted octanol–water partition coefficient (Wildman–Crippen LogP) is 6.95. The molecule has 3 aliphatic rings. The molecule has 0 spiro atoms. The van der Waals surface area contributed by atoms with E-state index in [9.17, 15) is 44.7 Å². The summed E-state index contributed by atoms with van der Waals surface area (Å²) in [5.74, 6) is -9.33. The maximum atomic E-state index is 14.3. The van der Waals surface area contributed by atoms with Gasteiger partial charge in [-0.2, -0.15) is 0 Å². The van der Waals surface area contributed by atoms with E-state index in [1.54, 1.807) is 14.0 Å². The van der Waals surface area contributed by atoms with Crippen molar-refractivity contribution >= 4 is 58.0 Å². The van der Waals surface area contributed by atoms with Crippen LogP contribution in [0.1, 0.15) is 99.3 Å². The van der Waals surface area contributed by atoms with E-state index in [4.69, 9.17) is 10.5 Å². The Balaban J connectivity index is 0.941. The molecular formula is C55H67N3O10P+. The van der Waals surface area contributed by atoms with E-state index in [0.717, 1.165) is 63.3 Å². The van der Waals surface area contributed by atoms with Gasteiger partial charge >= 0.3 is 0 Å². The number of unbranched alkanes of at least 4 members (excludes halogenated alkanes) is 8. The van der Waals surface area contributed by atoms with Gasteiger partial charge in [0, 0.05) is 23.6 Å². The van der Waals surface area contributed by atoms with Gasteiger partial charge in [0.05, 0.1) is 36.9 Å². The molecule has 69 heavy (non-hydrogen) atoms. The smallest absolute Gasteiger partial charge is 0.255 e. The number of amides is 2. The molecule has 0 heterocycles. The fourth-order valence-electron chi connectivity index (χ4n) is 11.2. The van der Waals surface area contributed by atoms with Crippen LogP contribution in [0.4, 0.5) is 5.69 Å². The molecule has 3 aliphatic carbocycles. The molecule has 0 aliphatic heterocycles. The van der Waals surface area contributed by atoms with Gasteiger partial charge in [-0.25, -0.2) is 0 Å². The number of ether oxygens (including phenoxy) is 1. The fraction of sp³-hybridized carbons (Fsp3) is 0.418. The Kier molecular flexibility index (Phi) is 15.5. The number of nitrogens with zero attached hydrogens (tertiary/aromatic N) is 1. The van der Waals surface area contributed by atoms with E-state index >= 15 is 0 Å². The normalized spacial score (nSPS) is 22.3. The van der Waals surface area contributed by atoms with Crippen molar-refractivity contribution in [3.05, 3.63) is 124 Å². The number of methoxy groups -OCH3 is 1. The Morgan fingerprint density at radius 3 is 1.78 bits per heavy atom. The lowest BCUT2D eigenvalue weighted by atomic mass is 9.54. The highest BCUT2D eigenvalue weighted by Crippen LogP contribution is 2.58. The number of hydrogen-bond acceptors (Lipinski definition) is 11. The minimum Gasteiger partial charge on any atom is -0.508 e. The van der Waals surface area contributed by atoms with Crippen LogP contribution in [0.2, 0.25) is 0 Å². The van der Waals surface area contributed by atoms with Gasteiger partial charge in [0.15, 0.2) is 11.4 Å². The summed E-state index contributed by atoms with van der Waals surface area (Å²) < 4.78 is 5.54. The van der Waals surface area contributed by atoms with Gasteiger partial charge in [0.25, 0.3) is 5.91 Å². The molecule has 1 fully saturated rings. The van der Waals surface area contributed by atoms with Crippen LogP contribution in [0, 0.1) is 25.7 Å². The minimum atomic E-state index is -3.01. The van der Waals surface area contributed by atoms with Gasteiger partial charge < -0.3 is 41.3 Å². The van der Waals surface area contributed by atoms with E-state index < -0.39 is 88.7 Å². The number of hydrogen-bond donors (Lipinski definition) is 7. The zero-order valence-electron chi connectivity index (χ0n) is 40.5. The molecule has 0 unspecified atom stereocenters. The van der Waals surface area contributed by atoms with Gasteiger partial charge in [0.1, 0.15) is 51.8 Å². The van der Waals surface area contributed by atoms with Crippen molar-refractivity contribution in [3.8, 4) is 11.5 Å². The van der Waals surface area contributed by atoms with Gasteiger partial charge in [-0.3, -0.25) is 24.1 Å². The third-order valence-corrected chi connectivity index (χ3v) is 19.3. The second kappa shape index (κ2) is 21.0. The number of ketones is 2. The fourth-order valence-corrected chi connectivity index (χ4v) is 15.5. The molecule has 8 N–H and O–H groups in total. The molecule has 2 amide bonds. The topological polar surface area (TPSA) is 220 Å². The van der Waals surface area contributed by atoms with E-state index in [2.05, 4.69) is 92.0 Å². The summed E-state index contributed by atoms with van der Waals surface area (Å²) in [5.41, 5.74) is 3.76. The zero-order valence-corrected chi connectivity index (χ0v) is 41.4. The third kappa shape index (κ3) is 9.46. The quantitative estimate of drug-likeness (QED) is 0.0221. The summed E-state index contributed by atoms with van der Waals surface area (Å²) in [7, 11) is 2.66. The lowest BCUT2D eigenvalue weighted by molar-refractivity contribution is -0.169. The standard InChI is InChI=1S/C55H66N3O10P/c1-32-17-23-36(24-18-32)69(37-25-19-33(2)20-26-37,38-27-21-35(68-6)22-28-38)31-15-13-11-9-7-8-10-12-14-16-41(60)57-39-29-30-40(59)44-42(39)34(3)43-45(49(44)61)52(64)55(67)47(50(43)62)48(58(4)5)51(63)46(53(55)65)54(56)66/h17-30,34,43,47-48,50,62,67H,7-16,31H2,1-6H3,(H5-,56,57,59,60,61,63,64,65,66)/p+1/t34-,43+,47+,48-,50-,55-/m0/s1. The third-order valence-electron chi connectivity index (χ3n) is 14.7. The summed E-state index contributed by atoms with van der Waals surface area (Å²) >= 11 is 0. The Morgan fingerprint density at radius 2 is 1.28 bits per heavy atom. The van der Waals surface area contributed by atoms with Crippen LogP contribution in [0.25, 0.3) is 5.76 Å². The van der Waals surface area contributed by atoms with Crippen LogP contribution in [0.3, 0.4) is 0 Å². The molecule has 13 nitrogen and oxygen atoms in total. The molecular weight excluding hydrogens is 894 g/mol. The number of aromatic hydroxyl groups is 1. The van der Waals surface area contributed by atoms with Gasteiger partial charge in [-0.1, -0.05) is 80.8 Å². The molecule has 7 rings (SSSR count). The van der Waals surface area contributed by atoms with E-state index in [-0.39, 0.29) is 29.1 Å². The molecule has 0 radical (unpaired) electrons. The number of fused-ring (bicyclic) bond motifs is 3. The number of carbonyl (C=O) groups is 4. The van der Waals surface area contributed by atoms with E-state index in [1.807, 2.05) is 0 Å². The highest BCUT2D eigenvalue weighted by Gasteiger charge is 2.68. The highest BCUT2D eigenvalue weighted by molar-refractivity contribution is 7.95. The number of benzene rings is 4. The number of phenols is 1. The first-order valence-electron chi connectivity index (χ1n) is 24.1. The Morgan fingerprint density at radius 1 is 0.768 bits per heavy atom. The second-order valence-corrected chi connectivity index (χ2v) is 23.0. The number of aryl methyl sites for hydroxylation is 2. The summed E-state index contributed by atoms with van der Waals surface area (Å²) in [6.07, 6.45) is 8.74. The molecule has 6 atom stereocenters. The predicted molar refractivity (Wildman–Crippen MR) is 271 cm³/mol. The lowest BCUT2D eigenvalue weighted by Crippen LogP contribution is -2.70. The summed E-state index contributed by atoms with van der Waals surface area (Å²) in [6.45, 7) is 5.90. The van der Waals surface area contributed by atoms with Crippen LogP contribution in [-0.2, 0) is 19.2 Å². The van der Waals surface area contributed by atoms with E-state index in [0.29, 0.717) is 6.42 Å². The SMILES string of the molecule is COc1ccc([P+](CCCCCCCCCCCC(=O)Nc2ccc(O)c3c2[C@H](C)[C@@H]2C(=C3O)C(=O)[C@]3(O)C(O)=C(C(N)=O)C(=O)[C@@H](N(C)C)[C@@H]3[C@H]2O)(c2ccc(C)cc2)c2ccc(C)cc2)cc1. The molecule has 4 aromatic carbocycles. The number of aliphatic hydroxyl groups excluding tert-OH is 3. The van der Waals surface area contributed by atoms with Crippen molar-refractivity contribution < 1.29 is 49.4 Å². The van der Waals surface area contributed by atoms with Crippen molar-refractivity contribution in [3.63, 3.8) is 0 Å². The zero-order chi connectivity index (χ0) is 49.9. The van der Waals surface area contributed by atoms with Crippen LogP contribution in [0.5, 0.6) is 11.5 Å². The first-order valence-corrected chi connectivity index (χ1v) is 26.0. The lowest BCUT2D eigenvalue weighted by Gasteiger charge is -2.53. The van der Waals surface area contributed by atoms with Crippen LogP contribution in [-0.4, -0.2) is 98.9 Å². The molecule has 366 valence electrons. The molecule has 0 saturated heterocycles. The van der Waals surface area contributed by atoms with Crippen LogP contribution >= 0.6 is 7.26 Å². The number of nitrogens with one attached hydrogen (secondary N) is 1. The second-order valence-electron chi connectivity index (χ2n) is 19.4. The first kappa shape index (κ1) is 51.0. The Hall–Kier alpha value is -5.85.